The fraction of sp³-hybridized carbons (Fsp3) is 1.00. The van der Waals surface area contributed by atoms with E-state index in [0.29, 0.717) is 6.42 Å². The van der Waals surface area contributed by atoms with E-state index in [9.17, 15) is 5.11 Å². The van der Waals surface area contributed by atoms with Crippen LogP contribution in [0.5, 0.6) is 0 Å². The van der Waals surface area contributed by atoms with Gasteiger partial charge in [-0.25, -0.2) is 0 Å². The summed E-state index contributed by atoms with van der Waals surface area (Å²) in [7, 11) is 0. The van der Waals surface area contributed by atoms with E-state index in [1.165, 1.54) is 51.4 Å². The second-order valence-electron chi connectivity index (χ2n) is 5.34. The van der Waals surface area contributed by atoms with Gasteiger partial charge in [0.05, 0.1) is 18.8 Å². The van der Waals surface area contributed by atoms with Crippen LogP contribution in [-0.4, -0.2) is 34.1 Å². The Hall–Kier alpha value is -0.120. The zero-order valence-corrected chi connectivity index (χ0v) is 12.0. The van der Waals surface area contributed by atoms with E-state index in [0.717, 1.165) is 12.8 Å². The van der Waals surface area contributed by atoms with Crippen molar-refractivity contribution < 1.29 is 15.3 Å². The highest BCUT2D eigenvalue weighted by atomic mass is 16.3. The van der Waals surface area contributed by atoms with Crippen LogP contribution >= 0.6 is 0 Å². The minimum Gasteiger partial charge on any atom is -0.394 e. The number of rotatable bonds is 13. The van der Waals surface area contributed by atoms with E-state index < -0.39 is 12.2 Å². The van der Waals surface area contributed by atoms with Crippen LogP contribution in [0.4, 0.5) is 0 Å². The summed E-state index contributed by atoms with van der Waals surface area (Å²) in [5.41, 5.74) is 0. The lowest BCUT2D eigenvalue weighted by Gasteiger charge is -2.13. The first kappa shape index (κ1) is 17.9. The largest absolute Gasteiger partial charge is 0.394 e. The van der Waals surface area contributed by atoms with Crippen molar-refractivity contribution >= 4 is 0 Å². The molecule has 110 valence electrons. The third-order valence-corrected chi connectivity index (χ3v) is 3.40. The molecule has 0 fully saturated rings. The Morgan fingerprint density at radius 1 is 0.722 bits per heavy atom. The minimum atomic E-state index is -0.765. The lowest BCUT2D eigenvalue weighted by Crippen LogP contribution is -2.20. The number of unbranched alkanes of at least 4 members (excludes halogenated alkanes) is 8. The van der Waals surface area contributed by atoms with Crippen LogP contribution in [0.3, 0.4) is 0 Å². The van der Waals surface area contributed by atoms with Crippen molar-refractivity contribution in [3.63, 3.8) is 0 Å². The molecule has 0 aliphatic rings. The van der Waals surface area contributed by atoms with Gasteiger partial charge < -0.3 is 15.3 Å². The topological polar surface area (TPSA) is 60.7 Å². The molecule has 0 aromatic carbocycles. The molecule has 18 heavy (non-hydrogen) atoms. The number of hydrogen-bond donors (Lipinski definition) is 3. The van der Waals surface area contributed by atoms with Gasteiger partial charge in [0.25, 0.3) is 0 Å². The molecule has 3 nitrogen and oxygen atoms in total. The van der Waals surface area contributed by atoms with E-state index in [-0.39, 0.29) is 6.61 Å². The van der Waals surface area contributed by atoms with Crippen molar-refractivity contribution in [3.8, 4) is 0 Å². The molecular weight excluding hydrogens is 228 g/mol. The number of aliphatic hydroxyl groups excluding tert-OH is 3. The van der Waals surface area contributed by atoms with E-state index in [1.54, 1.807) is 0 Å². The average Bonchev–Trinajstić information content (AvgIpc) is 2.36. The highest BCUT2D eigenvalue weighted by Crippen LogP contribution is 2.12. The summed E-state index contributed by atoms with van der Waals surface area (Å²) in [6, 6.07) is 0. The SMILES string of the molecule is CCCCCCCCCCCC(O)CC(O)CO. The molecule has 0 heterocycles. The van der Waals surface area contributed by atoms with Gasteiger partial charge in [-0.1, -0.05) is 64.7 Å². The monoisotopic (exact) mass is 260 g/mol. The van der Waals surface area contributed by atoms with Crippen LogP contribution in [0.15, 0.2) is 0 Å². The molecule has 3 N–H and O–H groups in total. The Labute approximate surface area is 112 Å². The van der Waals surface area contributed by atoms with Crippen LogP contribution in [0.25, 0.3) is 0 Å². The zero-order chi connectivity index (χ0) is 13.6. The molecule has 3 heteroatoms. The van der Waals surface area contributed by atoms with Gasteiger partial charge in [0.2, 0.25) is 0 Å². The van der Waals surface area contributed by atoms with Crippen LogP contribution in [0, 0.1) is 0 Å². The third-order valence-electron chi connectivity index (χ3n) is 3.40. The molecule has 0 spiro atoms. The Balaban J connectivity index is 3.15. The Morgan fingerprint density at radius 3 is 1.72 bits per heavy atom. The van der Waals surface area contributed by atoms with Crippen molar-refractivity contribution in [1.29, 1.82) is 0 Å². The smallest absolute Gasteiger partial charge is 0.0795 e. The molecule has 0 saturated carbocycles. The maximum atomic E-state index is 9.58. The van der Waals surface area contributed by atoms with Crippen molar-refractivity contribution in [2.75, 3.05) is 6.61 Å². The first-order valence-corrected chi connectivity index (χ1v) is 7.67. The van der Waals surface area contributed by atoms with Gasteiger partial charge in [0.15, 0.2) is 0 Å². The number of aliphatic hydroxyl groups is 3. The molecule has 0 aliphatic carbocycles. The zero-order valence-electron chi connectivity index (χ0n) is 12.0. The van der Waals surface area contributed by atoms with Crippen LogP contribution in [-0.2, 0) is 0 Å². The lowest BCUT2D eigenvalue weighted by molar-refractivity contribution is 0.0380. The van der Waals surface area contributed by atoms with Gasteiger partial charge in [-0.2, -0.15) is 0 Å². The molecule has 0 aliphatic heterocycles. The molecule has 0 amide bonds. The van der Waals surface area contributed by atoms with Gasteiger partial charge in [-0.3, -0.25) is 0 Å². The average molecular weight is 260 g/mol. The minimum absolute atomic E-state index is 0.255. The molecule has 0 bridgehead atoms. The lowest BCUT2D eigenvalue weighted by atomic mass is 10.0. The Morgan fingerprint density at radius 2 is 1.22 bits per heavy atom. The molecule has 0 aromatic rings. The maximum Gasteiger partial charge on any atom is 0.0795 e. The van der Waals surface area contributed by atoms with Gasteiger partial charge in [0, 0.05) is 6.42 Å². The highest BCUT2D eigenvalue weighted by molar-refractivity contribution is 4.62. The highest BCUT2D eigenvalue weighted by Gasteiger charge is 2.10. The predicted molar refractivity (Wildman–Crippen MR) is 75.6 cm³/mol. The summed E-state index contributed by atoms with van der Waals surface area (Å²) in [6.45, 7) is 1.98. The quantitative estimate of drug-likeness (QED) is 0.446. The van der Waals surface area contributed by atoms with E-state index in [2.05, 4.69) is 6.92 Å². The summed E-state index contributed by atoms with van der Waals surface area (Å²) in [5, 5.41) is 27.4. The van der Waals surface area contributed by atoms with Crippen molar-refractivity contribution in [3.05, 3.63) is 0 Å². The van der Waals surface area contributed by atoms with Gasteiger partial charge in [0.1, 0.15) is 0 Å². The van der Waals surface area contributed by atoms with Crippen LogP contribution in [0.1, 0.15) is 77.6 Å². The second kappa shape index (κ2) is 13.3. The maximum absolute atomic E-state index is 9.58. The van der Waals surface area contributed by atoms with Gasteiger partial charge in [-0.05, 0) is 6.42 Å². The third kappa shape index (κ3) is 12.3. The molecule has 2 atom stereocenters. The van der Waals surface area contributed by atoms with Crippen molar-refractivity contribution in [2.24, 2.45) is 0 Å². The fourth-order valence-electron chi connectivity index (χ4n) is 2.20. The molecule has 0 aromatic heterocycles. The summed E-state index contributed by atoms with van der Waals surface area (Å²) in [6.07, 6.45) is 11.3. The summed E-state index contributed by atoms with van der Waals surface area (Å²) in [5.74, 6) is 0. The molecule has 0 radical (unpaired) electrons. The first-order valence-electron chi connectivity index (χ1n) is 7.67. The summed E-state index contributed by atoms with van der Waals surface area (Å²) < 4.78 is 0. The Kier molecular flexibility index (Phi) is 13.2. The molecule has 0 rings (SSSR count). The standard InChI is InChI=1S/C15H32O3/c1-2-3-4-5-6-7-8-9-10-11-14(17)12-15(18)13-16/h14-18H,2-13H2,1H3. The predicted octanol–water partition coefficient (Wildman–Crippen LogP) is 3.01. The van der Waals surface area contributed by atoms with Crippen molar-refractivity contribution in [1.82, 2.24) is 0 Å². The summed E-state index contributed by atoms with van der Waals surface area (Å²) in [4.78, 5) is 0. The van der Waals surface area contributed by atoms with Gasteiger partial charge in [-0.15, -0.1) is 0 Å². The van der Waals surface area contributed by atoms with Crippen LogP contribution < -0.4 is 0 Å². The van der Waals surface area contributed by atoms with E-state index >= 15 is 0 Å². The molecule has 2 unspecified atom stereocenters. The van der Waals surface area contributed by atoms with Crippen LogP contribution in [0.2, 0.25) is 0 Å². The molecular formula is C15H32O3. The fourth-order valence-corrected chi connectivity index (χ4v) is 2.20. The normalized spacial score (nSPS) is 14.7. The van der Waals surface area contributed by atoms with E-state index in [4.69, 9.17) is 10.2 Å². The second-order valence-corrected chi connectivity index (χ2v) is 5.34. The summed E-state index contributed by atoms with van der Waals surface area (Å²) >= 11 is 0. The van der Waals surface area contributed by atoms with Crippen molar-refractivity contribution in [2.45, 2.75) is 89.8 Å². The first-order chi connectivity index (χ1) is 8.70. The van der Waals surface area contributed by atoms with Gasteiger partial charge >= 0.3 is 0 Å². The number of hydrogen-bond acceptors (Lipinski definition) is 3. The molecule has 0 saturated heterocycles. The Bertz CT molecular complexity index is 162. The van der Waals surface area contributed by atoms with E-state index in [1.807, 2.05) is 0 Å².